The number of carbonyl (C=O) groups is 1. The number of amides is 1. The maximum absolute atomic E-state index is 11.6. The number of carbonyl (C=O) groups excluding carboxylic acids is 1. The van der Waals surface area contributed by atoms with Crippen LogP contribution in [0, 0.1) is 0 Å². The number of nitrogens with one attached hydrogen (secondary N) is 1. The SMILES string of the molecule is COc1cccc(-c2nnc(C(Cc3ccc(CN)cc3)NC(C)=O)o2)c1. The Morgan fingerprint density at radius 1 is 1.19 bits per heavy atom. The van der Waals surface area contributed by atoms with E-state index in [9.17, 15) is 4.79 Å². The van der Waals surface area contributed by atoms with Crippen molar-refractivity contribution in [2.24, 2.45) is 5.73 Å². The fraction of sp³-hybridized carbons (Fsp3) is 0.250. The minimum Gasteiger partial charge on any atom is -0.497 e. The van der Waals surface area contributed by atoms with Gasteiger partial charge in [-0.15, -0.1) is 10.2 Å². The molecule has 1 amide bonds. The van der Waals surface area contributed by atoms with Crippen LogP contribution in [0.5, 0.6) is 5.75 Å². The van der Waals surface area contributed by atoms with E-state index in [4.69, 9.17) is 14.9 Å². The predicted octanol–water partition coefficient (Wildman–Crippen LogP) is 2.62. The summed E-state index contributed by atoms with van der Waals surface area (Å²) in [5.41, 5.74) is 8.47. The molecule has 0 radical (unpaired) electrons. The highest BCUT2D eigenvalue weighted by atomic mass is 16.5. The molecule has 3 rings (SSSR count). The summed E-state index contributed by atoms with van der Waals surface area (Å²) in [4.78, 5) is 11.6. The largest absolute Gasteiger partial charge is 0.497 e. The zero-order valence-electron chi connectivity index (χ0n) is 15.3. The molecular formula is C20H22N4O3. The van der Waals surface area contributed by atoms with Crippen LogP contribution in [0.3, 0.4) is 0 Å². The van der Waals surface area contributed by atoms with Gasteiger partial charge in [0.05, 0.1) is 7.11 Å². The number of benzene rings is 2. The van der Waals surface area contributed by atoms with Crippen molar-refractivity contribution >= 4 is 5.91 Å². The summed E-state index contributed by atoms with van der Waals surface area (Å²) in [6, 6.07) is 14.8. The van der Waals surface area contributed by atoms with Gasteiger partial charge < -0.3 is 20.2 Å². The van der Waals surface area contributed by atoms with Crippen LogP contribution in [0.15, 0.2) is 52.9 Å². The molecule has 3 aromatic rings. The third-order valence-corrected chi connectivity index (χ3v) is 4.13. The first-order valence-corrected chi connectivity index (χ1v) is 8.62. The van der Waals surface area contributed by atoms with Crippen LogP contribution in [0.1, 0.15) is 30.0 Å². The second-order valence-corrected chi connectivity index (χ2v) is 6.16. The van der Waals surface area contributed by atoms with Crippen LogP contribution >= 0.6 is 0 Å². The number of aromatic nitrogens is 2. The summed E-state index contributed by atoms with van der Waals surface area (Å²) < 4.78 is 11.1. The standard InChI is InChI=1S/C20H22N4O3/c1-13(25)22-18(10-14-6-8-15(12-21)9-7-14)20-24-23-19(27-20)16-4-3-5-17(11-16)26-2/h3-9,11,18H,10,12,21H2,1-2H3,(H,22,25). The highest BCUT2D eigenvalue weighted by Crippen LogP contribution is 2.25. The minimum atomic E-state index is -0.418. The van der Waals surface area contributed by atoms with Crippen molar-refractivity contribution in [2.45, 2.75) is 25.9 Å². The number of nitrogens with two attached hydrogens (primary N) is 1. The number of hydrogen-bond donors (Lipinski definition) is 2. The Morgan fingerprint density at radius 3 is 2.59 bits per heavy atom. The number of rotatable bonds is 7. The molecule has 7 nitrogen and oxygen atoms in total. The second-order valence-electron chi connectivity index (χ2n) is 6.16. The van der Waals surface area contributed by atoms with Gasteiger partial charge >= 0.3 is 0 Å². The van der Waals surface area contributed by atoms with Crippen molar-refractivity contribution in [2.75, 3.05) is 7.11 Å². The quantitative estimate of drug-likeness (QED) is 0.666. The van der Waals surface area contributed by atoms with E-state index in [1.807, 2.05) is 48.5 Å². The lowest BCUT2D eigenvalue weighted by Crippen LogP contribution is -2.28. The second kappa shape index (κ2) is 8.46. The number of nitrogens with zero attached hydrogens (tertiary/aromatic N) is 2. The summed E-state index contributed by atoms with van der Waals surface area (Å²) in [5.74, 6) is 1.26. The van der Waals surface area contributed by atoms with Crippen molar-refractivity contribution < 1.29 is 13.9 Å². The molecule has 1 aromatic heterocycles. The van der Waals surface area contributed by atoms with Gasteiger partial charge in [0.25, 0.3) is 0 Å². The maximum Gasteiger partial charge on any atom is 0.247 e. The smallest absolute Gasteiger partial charge is 0.247 e. The average molecular weight is 366 g/mol. The molecule has 0 bridgehead atoms. The van der Waals surface area contributed by atoms with E-state index in [1.54, 1.807) is 7.11 Å². The van der Waals surface area contributed by atoms with Crippen LogP contribution in [-0.2, 0) is 17.8 Å². The molecule has 1 heterocycles. The topological polar surface area (TPSA) is 103 Å². The van der Waals surface area contributed by atoms with Crippen LogP contribution in [-0.4, -0.2) is 23.2 Å². The summed E-state index contributed by atoms with van der Waals surface area (Å²) in [7, 11) is 1.60. The van der Waals surface area contributed by atoms with E-state index < -0.39 is 6.04 Å². The summed E-state index contributed by atoms with van der Waals surface area (Å²) in [6.45, 7) is 1.95. The van der Waals surface area contributed by atoms with Crippen molar-refractivity contribution in [3.8, 4) is 17.2 Å². The molecule has 7 heteroatoms. The maximum atomic E-state index is 11.6. The van der Waals surface area contributed by atoms with E-state index >= 15 is 0 Å². The van der Waals surface area contributed by atoms with Crippen LogP contribution in [0.2, 0.25) is 0 Å². The predicted molar refractivity (Wildman–Crippen MR) is 101 cm³/mol. The Morgan fingerprint density at radius 2 is 1.93 bits per heavy atom. The molecule has 0 saturated carbocycles. The first-order valence-electron chi connectivity index (χ1n) is 8.62. The van der Waals surface area contributed by atoms with Gasteiger partial charge in [0, 0.05) is 25.5 Å². The first-order chi connectivity index (χ1) is 13.1. The number of methoxy groups -OCH3 is 1. The van der Waals surface area contributed by atoms with E-state index in [-0.39, 0.29) is 5.91 Å². The monoisotopic (exact) mass is 366 g/mol. The van der Waals surface area contributed by atoms with Gasteiger partial charge in [-0.05, 0) is 29.3 Å². The molecule has 0 spiro atoms. The highest BCUT2D eigenvalue weighted by molar-refractivity contribution is 5.73. The molecule has 27 heavy (non-hydrogen) atoms. The number of hydrogen-bond acceptors (Lipinski definition) is 6. The van der Waals surface area contributed by atoms with Crippen molar-refractivity contribution in [3.05, 3.63) is 65.5 Å². The van der Waals surface area contributed by atoms with Gasteiger partial charge in [0.15, 0.2) is 0 Å². The molecule has 0 saturated heterocycles. The summed E-state index contributed by atoms with van der Waals surface area (Å²) >= 11 is 0. The van der Waals surface area contributed by atoms with Gasteiger partial charge in [-0.2, -0.15) is 0 Å². The van der Waals surface area contributed by atoms with Gasteiger partial charge in [-0.3, -0.25) is 4.79 Å². The van der Waals surface area contributed by atoms with Gasteiger partial charge in [0.2, 0.25) is 17.7 Å². The highest BCUT2D eigenvalue weighted by Gasteiger charge is 2.21. The Bertz CT molecular complexity index is 906. The molecule has 0 fully saturated rings. The van der Waals surface area contributed by atoms with Gasteiger partial charge in [-0.25, -0.2) is 0 Å². The van der Waals surface area contributed by atoms with E-state index in [1.165, 1.54) is 6.92 Å². The Balaban J connectivity index is 1.84. The third-order valence-electron chi connectivity index (χ3n) is 4.13. The molecule has 140 valence electrons. The van der Waals surface area contributed by atoms with E-state index in [0.717, 1.165) is 16.7 Å². The lowest BCUT2D eigenvalue weighted by Gasteiger charge is -2.14. The first kappa shape index (κ1) is 18.6. The van der Waals surface area contributed by atoms with E-state index in [0.29, 0.717) is 30.5 Å². The molecule has 1 atom stereocenters. The lowest BCUT2D eigenvalue weighted by molar-refractivity contribution is -0.119. The van der Waals surface area contributed by atoms with Gasteiger partial charge in [-0.1, -0.05) is 30.3 Å². The van der Waals surface area contributed by atoms with Crippen molar-refractivity contribution in [1.29, 1.82) is 0 Å². The molecule has 3 N–H and O–H groups in total. The fourth-order valence-electron chi connectivity index (χ4n) is 2.74. The van der Waals surface area contributed by atoms with Gasteiger partial charge in [0.1, 0.15) is 11.8 Å². The third kappa shape index (κ3) is 4.71. The molecule has 0 aliphatic carbocycles. The minimum absolute atomic E-state index is 0.167. The Kier molecular flexibility index (Phi) is 5.83. The lowest BCUT2D eigenvalue weighted by atomic mass is 10.0. The van der Waals surface area contributed by atoms with E-state index in [2.05, 4.69) is 15.5 Å². The molecular weight excluding hydrogens is 344 g/mol. The van der Waals surface area contributed by atoms with Crippen LogP contribution < -0.4 is 15.8 Å². The van der Waals surface area contributed by atoms with Crippen molar-refractivity contribution in [3.63, 3.8) is 0 Å². The molecule has 1 unspecified atom stereocenters. The average Bonchev–Trinajstić information content (AvgIpc) is 3.18. The van der Waals surface area contributed by atoms with Crippen LogP contribution in [0.25, 0.3) is 11.5 Å². The zero-order chi connectivity index (χ0) is 19.2. The zero-order valence-corrected chi connectivity index (χ0v) is 15.3. The molecule has 0 aliphatic rings. The Labute approximate surface area is 157 Å². The van der Waals surface area contributed by atoms with Crippen LogP contribution in [0.4, 0.5) is 0 Å². The fourth-order valence-corrected chi connectivity index (χ4v) is 2.74. The summed E-state index contributed by atoms with van der Waals surface area (Å²) in [6.07, 6.45) is 0.532. The Hall–Kier alpha value is -3.19. The normalized spacial score (nSPS) is 11.8. The molecule has 2 aromatic carbocycles. The summed E-state index contributed by atoms with van der Waals surface area (Å²) in [5, 5.41) is 11.1. The van der Waals surface area contributed by atoms with Crippen molar-refractivity contribution in [1.82, 2.24) is 15.5 Å². The molecule has 0 aliphatic heterocycles. The number of ether oxygens (including phenoxy) is 1.